The monoisotopic (exact) mass is 532 g/mol. The van der Waals surface area contributed by atoms with Crippen molar-refractivity contribution in [1.82, 2.24) is 28.9 Å². The third-order valence-electron chi connectivity index (χ3n) is 7.33. The summed E-state index contributed by atoms with van der Waals surface area (Å²) in [6, 6.07) is 11.3. The number of piperidine rings is 1. The molecule has 6 rings (SSSR count). The molecular weight excluding hydrogens is 507 g/mol. The molecule has 4 aromatic rings. The van der Waals surface area contributed by atoms with Crippen LogP contribution in [0.15, 0.2) is 71.5 Å². The maximum Gasteiger partial charge on any atom is 0.246 e. The topological polar surface area (TPSA) is 103 Å². The number of aryl methyl sites for hydroxylation is 2. The van der Waals surface area contributed by atoms with Gasteiger partial charge >= 0.3 is 0 Å². The van der Waals surface area contributed by atoms with E-state index in [1.165, 1.54) is 33.5 Å². The third-order valence-corrected chi connectivity index (χ3v) is 9.12. The number of pyridine rings is 1. The van der Waals surface area contributed by atoms with Crippen molar-refractivity contribution in [2.45, 2.75) is 24.7 Å². The number of nitrogens with zero attached hydrogens (tertiary/aromatic N) is 6. The summed E-state index contributed by atoms with van der Waals surface area (Å²) in [6.07, 6.45) is 7.05. The molecule has 1 aliphatic carbocycles. The molecule has 2 aliphatic rings. The van der Waals surface area contributed by atoms with E-state index in [0.29, 0.717) is 23.5 Å². The molecule has 3 aromatic heterocycles. The van der Waals surface area contributed by atoms with Crippen LogP contribution in [0.4, 0.5) is 4.39 Å². The van der Waals surface area contributed by atoms with Crippen LogP contribution in [0.2, 0.25) is 0 Å². The van der Waals surface area contributed by atoms with E-state index in [1.807, 2.05) is 19.1 Å². The van der Waals surface area contributed by atoms with E-state index in [-0.39, 0.29) is 36.0 Å². The van der Waals surface area contributed by atoms with Gasteiger partial charge in [-0.05, 0) is 67.8 Å². The van der Waals surface area contributed by atoms with Crippen molar-refractivity contribution in [3.8, 4) is 5.69 Å². The lowest BCUT2D eigenvalue weighted by molar-refractivity contribution is 0.0770. The second-order valence-corrected chi connectivity index (χ2v) is 11.7. The molecule has 0 spiro atoms. The standard InChI is InChI=1S/C27H25FN6O3S/c1-18-4-3-5-24(31-18)26(35)27-13-19-14-30-34(22-8-6-21(28)7-9-22)25(19)12-20(27)10-11-33(17-27)38(36,37)23-15-29-32(2)16-23/h3-9,12,14-16H,10-11,13,17H2,1-2H3/t27-/m0/s1. The smallest absolute Gasteiger partial charge is 0.246 e. The molecule has 38 heavy (non-hydrogen) atoms. The lowest BCUT2D eigenvalue weighted by Gasteiger charge is -2.44. The van der Waals surface area contributed by atoms with E-state index >= 15 is 0 Å². The summed E-state index contributed by atoms with van der Waals surface area (Å²) in [6.45, 7) is 2.02. The van der Waals surface area contributed by atoms with E-state index in [4.69, 9.17) is 0 Å². The number of rotatable bonds is 5. The van der Waals surface area contributed by atoms with Gasteiger partial charge < -0.3 is 0 Å². The Labute approximate surface area is 219 Å². The summed E-state index contributed by atoms with van der Waals surface area (Å²) < 4.78 is 45.2. The summed E-state index contributed by atoms with van der Waals surface area (Å²) >= 11 is 0. The zero-order chi connectivity index (χ0) is 26.7. The highest BCUT2D eigenvalue weighted by molar-refractivity contribution is 7.89. The first-order valence-corrected chi connectivity index (χ1v) is 13.6. The van der Waals surface area contributed by atoms with Crippen molar-refractivity contribution >= 4 is 21.9 Å². The van der Waals surface area contributed by atoms with E-state index in [0.717, 1.165) is 16.8 Å². The van der Waals surface area contributed by atoms with Crippen molar-refractivity contribution in [1.29, 1.82) is 0 Å². The molecule has 194 valence electrons. The molecule has 1 atom stereocenters. The molecule has 0 bridgehead atoms. The van der Waals surface area contributed by atoms with Gasteiger partial charge in [-0.15, -0.1) is 0 Å². The fourth-order valence-electron chi connectivity index (χ4n) is 5.40. The minimum absolute atomic E-state index is 0.0221. The lowest BCUT2D eigenvalue weighted by atomic mass is 9.65. The Morgan fingerprint density at radius 2 is 1.87 bits per heavy atom. The number of ketones is 1. The second kappa shape index (κ2) is 8.81. The van der Waals surface area contributed by atoms with Crippen LogP contribution in [0.1, 0.15) is 33.9 Å². The van der Waals surface area contributed by atoms with Crippen molar-refractivity contribution in [3.63, 3.8) is 0 Å². The van der Waals surface area contributed by atoms with Gasteiger partial charge in [-0.3, -0.25) is 9.48 Å². The Balaban J connectivity index is 1.46. The predicted octanol–water partition coefficient (Wildman–Crippen LogP) is 3.35. The Hall–Kier alpha value is -3.96. The van der Waals surface area contributed by atoms with Gasteiger partial charge in [-0.25, -0.2) is 22.5 Å². The van der Waals surface area contributed by atoms with Crippen LogP contribution < -0.4 is 0 Å². The number of benzene rings is 1. The van der Waals surface area contributed by atoms with Crippen molar-refractivity contribution in [2.24, 2.45) is 12.5 Å². The van der Waals surface area contributed by atoms with Gasteiger partial charge in [-0.2, -0.15) is 14.5 Å². The molecule has 1 fully saturated rings. The molecule has 4 heterocycles. The van der Waals surface area contributed by atoms with Crippen LogP contribution in [-0.4, -0.2) is 56.1 Å². The summed E-state index contributed by atoms with van der Waals surface area (Å²) in [7, 11) is -2.22. The highest BCUT2D eigenvalue weighted by atomic mass is 32.2. The predicted molar refractivity (Wildman–Crippen MR) is 138 cm³/mol. The highest BCUT2D eigenvalue weighted by Gasteiger charge is 2.51. The van der Waals surface area contributed by atoms with Crippen LogP contribution in [0.3, 0.4) is 0 Å². The average Bonchev–Trinajstić information content (AvgIpc) is 3.53. The number of carbonyl (C=O) groups is 1. The molecule has 1 saturated heterocycles. The number of fused-ring (bicyclic) bond motifs is 2. The molecule has 1 aliphatic heterocycles. The van der Waals surface area contributed by atoms with Gasteiger partial charge in [0.2, 0.25) is 10.0 Å². The quantitative estimate of drug-likeness (QED) is 0.365. The van der Waals surface area contributed by atoms with Crippen LogP contribution >= 0.6 is 0 Å². The van der Waals surface area contributed by atoms with E-state index < -0.39 is 15.4 Å². The van der Waals surface area contributed by atoms with Crippen molar-refractivity contribution < 1.29 is 17.6 Å². The molecule has 0 N–H and O–H groups in total. The molecule has 0 amide bonds. The average molecular weight is 533 g/mol. The summed E-state index contributed by atoms with van der Waals surface area (Å²) in [5.41, 5.74) is 2.99. The normalized spacial score (nSPS) is 19.5. The number of aromatic nitrogens is 5. The lowest BCUT2D eigenvalue weighted by Crippen LogP contribution is -2.53. The van der Waals surface area contributed by atoms with Crippen LogP contribution in [0, 0.1) is 18.2 Å². The zero-order valence-corrected chi connectivity index (χ0v) is 21.7. The largest absolute Gasteiger partial charge is 0.291 e. The van der Waals surface area contributed by atoms with Gasteiger partial charge in [0.15, 0.2) is 5.78 Å². The third kappa shape index (κ3) is 3.89. The maximum absolute atomic E-state index is 14.2. The number of Topliss-reactive ketones (excluding diaryl/α,β-unsaturated/α-hetero) is 1. The first kappa shape index (κ1) is 24.4. The van der Waals surface area contributed by atoms with E-state index in [1.54, 1.807) is 42.2 Å². The minimum atomic E-state index is -3.88. The number of hydrogen-bond acceptors (Lipinski definition) is 6. The van der Waals surface area contributed by atoms with E-state index in [9.17, 15) is 17.6 Å². The van der Waals surface area contributed by atoms with Crippen LogP contribution in [-0.2, 0) is 23.5 Å². The molecule has 9 nitrogen and oxygen atoms in total. The van der Waals surface area contributed by atoms with Crippen LogP contribution in [0.5, 0.6) is 0 Å². The number of carbonyl (C=O) groups excluding carboxylic acids is 1. The fraction of sp³-hybridized carbons (Fsp3) is 0.259. The molecule has 0 radical (unpaired) electrons. The number of halogens is 1. The second-order valence-electron chi connectivity index (χ2n) is 9.80. The molecule has 0 saturated carbocycles. The zero-order valence-electron chi connectivity index (χ0n) is 20.9. The van der Waals surface area contributed by atoms with Gasteiger partial charge in [0.1, 0.15) is 16.4 Å². The SMILES string of the molecule is Cc1cccc(C(=O)[C@]23Cc4cnn(-c5ccc(F)cc5)c4C=C2CCN(S(=O)(=O)c2cnn(C)c2)C3)n1. The van der Waals surface area contributed by atoms with Crippen molar-refractivity contribution in [2.75, 3.05) is 13.1 Å². The van der Waals surface area contributed by atoms with Gasteiger partial charge in [0.25, 0.3) is 0 Å². The summed E-state index contributed by atoms with van der Waals surface area (Å²) in [4.78, 5) is 18.8. The molecule has 1 aromatic carbocycles. The first-order chi connectivity index (χ1) is 18.2. The Morgan fingerprint density at radius 3 is 2.58 bits per heavy atom. The maximum atomic E-state index is 14.2. The number of hydrogen-bond donors (Lipinski definition) is 0. The van der Waals surface area contributed by atoms with Gasteiger partial charge in [0, 0.05) is 32.0 Å². The van der Waals surface area contributed by atoms with Crippen molar-refractivity contribution in [3.05, 3.63) is 95.1 Å². The minimum Gasteiger partial charge on any atom is -0.291 e. The van der Waals surface area contributed by atoms with E-state index in [2.05, 4.69) is 15.2 Å². The molecular formula is C27H25FN6O3S. The Kier molecular flexibility index (Phi) is 5.65. The highest BCUT2D eigenvalue weighted by Crippen LogP contribution is 2.47. The molecule has 11 heteroatoms. The molecule has 0 unspecified atom stereocenters. The summed E-state index contributed by atoms with van der Waals surface area (Å²) in [5.74, 6) is -0.565. The Morgan fingerprint density at radius 1 is 1.08 bits per heavy atom. The fourth-order valence-corrected chi connectivity index (χ4v) is 6.89. The van der Waals surface area contributed by atoms with Gasteiger partial charge in [0.05, 0.1) is 29.2 Å². The van der Waals surface area contributed by atoms with Crippen LogP contribution in [0.25, 0.3) is 11.8 Å². The van der Waals surface area contributed by atoms with Gasteiger partial charge in [-0.1, -0.05) is 11.6 Å². The summed E-state index contributed by atoms with van der Waals surface area (Å²) in [5, 5.41) is 8.55. The first-order valence-electron chi connectivity index (χ1n) is 12.2. The number of sulfonamides is 1. The Bertz CT molecular complexity index is 1710.